The van der Waals surface area contributed by atoms with Gasteiger partial charge in [-0.2, -0.15) is 0 Å². The van der Waals surface area contributed by atoms with Crippen molar-refractivity contribution in [2.45, 2.75) is 32.9 Å². The maximum Gasteiger partial charge on any atom is 0.122 e. The second-order valence-electron chi connectivity index (χ2n) is 5.27. The molecule has 0 spiro atoms. The molecule has 0 saturated heterocycles. The molecule has 106 valence electrons. The molecule has 0 aliphatic carbocycles. The highest BCUT2D eigenvalue weighted by Gasteiger charge is 2.19. The highest BCUT2D eigenvalue weighted by Crippen LogP contribution is 2.25. The number of aryl methyl sites for hydroxylation is 2. The first-order valence-corrected chi connectivity index (χ1v) is 7.08. The molecule has 0 bridgehead atoms. The number of hydrogen-bond acceptors (Lipinski definition) is 2. The van der Waals surface area contributed by atoms with Crippen LogP contribution in [-0.4, -0.2) is 13.2 Å². The van der Waals surface area contributed by atoms with Gasteiger partial charge in [0.25, 0.3) is 0 Å². The first kappa shape index (κ1) is 14.6. The number of rotatable bonds is 5. The van der Waals surface area contributed by atoms with E-state index in [9.17, 15) is 0 Å². The Morgan fingerprint density at radius 1 is 1.00 bits per heavy atom. The predicted octanol–water partition coefficient (Wildman–Crippen LogP) is 4.03. The molecule has 0 aromatic heterocycles. The standard InChI is InChI=1S/C18H23NO/c1-13-10-11-17(14(2)12-13)20-15(3)18(19-4)16-8-6-5-7-9-16/h5-12,15,18-19H,1-4H3. The largest absolute Gasteiger partial charge is 0.488 e. The summed E-state index contributed by atoms with van der Waals surface area (Å²) in [6.07, 6.45) is 0.0591. The summed E-state index contributed by atoms with van der Waals surface area (Å²) in [5, 5.41) is 3.34. The highest BCUT2D eigenvalue weighted by atomic mass is 16.5. The molecule has 0 amide bonds. The molecule has 2 aromatic rings. The lowest BCUT2D eigenvalue weighted by atomic mass is 10.0. The lowest BCUT2D eigenvalue weighted by molar-refractivity contribution is 0.174. The Morgan fingerprint density at radius 3 is 2.30 bits per heavy atom. The normalized spacial score (nSPS) is 13.8. The lowest BCUT2D eigenvalue weighted by Crippen LogP contribution is -2.31. The van der Waals surface area contributed by atoms with Gasteiger partial charge in [0.15, 0.2) is 0 Å². The third-order valence-corrected chi connectivity index (χ3v) is 3.58. The van der Waals surface area contributed by atoms with E-state index < -0.39 is 0 Å². The van der Waals surface area contributed by atoms with Crippen molar-refractivity contribution in [2.24, 2.45) is 0 Å². The van der Waals surface area contributed by atoms with Gasteiger partial charge in [0, 0.05) is 0 Å². The highest BCUT2D eigenvalue weighted by molar-refractivity contribution is 5.36. The van der Waals surface area contributed by atoms with Crippen LogP contribution in [0.2, 0.25) is 0 Å². The van der Waals surface area contributed by atoms with Crippen LogP contribution in [0, 0.1) is 13.8 Å². The molecule has 2 unspecified atom stereocenters. The Morgan fingerprint density at radius 2 is 1.70 bits per heavy atom. The Bertz CT molecular complexity index is 551. The number of nitrogens with one attached hydrogen (secondary N) is 1. The molecule has 0 radical (unpaired) electrons. The van der Waals surface area contributed by atoms with Gasteiger partial charge in [-0.1, -0.05) is 48.0 Å². The quantitative estimate of drug-likeness (QED) is 0.884. The SMILES string of the molecule is CNC(c1ccccc1)C(C)Oc1ccc(C)cc1C. The van der Waals surface area contributed by atoms with Crippen molar-refractivity contribution in [3.8, 4) is 5.75 Å². The summed E-state index contributed by atoms with van der Waals surface area (Å²) in [4.78, 5) is 0. The summed E-state index contributed by atoms with van der Waals surface area (Å²) in [5.74, 6) is 0.958. The van der Waals surface area contributed by atoms with Gasteiger partial charge < -0.3 is 10.1 Å². The summed E-state index contributed by atoms with van der Waals surface area (Å²) < 4.78 is 6.15. The minimum Gasteiger partial charge on any atom is -0.488 e. The number of ether oxygens (including phenoxy) is 1. The second kappa shape index (κ2) is 6.58. The van der Waals surface area contributed by atoms with Gasteiger partial charge in [-0.25, -0.2) is 0 Å². The van der Waals surface area contributed by atoms with Crippen LogP contribution in [0.15, 0.2) is 48.5 Å². The van der Waals surface area contributed by atoms with Crippen LogP contribution in [0.1, 0.15) is 29.7 Å². The Hall–Kier alpha value is -1.80. The summed E-state index contributed by atoms with van der Waals surface area (Å²) in [7, 11) is 1.97. The number of hydrogen-bond donors (Lipinski definition) is 1. The summed E-state index contributed by atoms with van der Waals surface area (Å²) in [6.45, 7) is 6.29. The molecule has 2 atom stereocenters. The van der Waals surface area contributed by atoms with E-state index in [0.717, 1.165) is 5.75 Å². The summed E-state index contributed by atoms with van der Waals surface area (Å²) >= 11 is 0. The Labute approximate surface area is 121 Å². The monoisotopic (exact) mass is 269 g/mol. The molecule has 0 heterocycles. The molecule has 0 aliphatic rings. The molecule has 0 aliphatic heterocycles. The molecule has 2 aromatic carbocycles. The third kappa shape index (κ3) is 3.40. The van der Waals surface area contributed by atoms with Crippen molar-refractivity contribution in [1.82, 2.24) is 5.32 Å². The number of benzene rings is 2. The van der Waals surface area contributed by atoms with Crippen molar-refractivity contribution >= 4 is 0 Å². The summed E-state index contributed by atoms with van der Waals surface area (Å²) in [5.41, 5.74) is 3.68. The van der Waals surface area contributed by atoms with E-state index in [2.05, 4.69) is 68.6 Å². The first-order valence-electron chi connectivity index (χ1n) is 7.08. The fourth-order valence-electron chi connectivity index (χ4n) is 2.53. The zero-order valence-electron chi connectivity index (χ0n) is 12.7. The van der Waals surface area contributed by atoms with Gasteiger partial charge in [0.05, 0.1) is 6.04 Å². The van der Waals surface area contributed by atoms with Crippen molar-refractivity contribution in [3.05, 3.63) is 65.2 Å². The van der Waals surface area contributed by atoms with Crippen LogP contribution in [0.4, 0.5) is 0 Å². The molecular formula is C18H23NO. The zero-order chi connectivity index (χ0) is 14.5. The van der Waals surface area contributed by atoms with E-state index in [1.807, 2.05) is 13.1 Å². The van der Waals surface area contributed by atoms with Gasteiger partial charge >= 0.3 is 0 Å². The molecule has 20 heavy (non-hydrogen) atoms. The van der Waals surface area contributed by atoms with Crippen molar-refractivity contribution in [3.63, 3.8) is 0 Å². The molecule has 0 fully saturated rings. The fourth-order valence-corrected chi connectivity index (χ4v) is 2.53. The molecular weight excluding hydrogens is 246 g/mol. The fraction of sp³-hybridized carbons (Fsp3) is 0.333. The lowest BCUT2D eigenvalue weighted by Gasteiger charge is -2.26. The van der Waals surface area contributed by atoms with Crippen LogP contribution in [0.5, 0.6) is 5.75 Å². The van der Waals surface area contributed by atoms with Crippen LogP contribution in [0.25, 0.3) is 0 Å². The predicted molar refractivity (Wildman–Crippen MR) is 84.2 cm³/mol. The van der Waals surface area contributed by atoms with Gasteiger partial charge in [-0.05, 0) is 45.0 Å². The maximum atomic E-state index is 6.15. The van der Waals surface area contributed by atoms with Gasteiger partial charge in [-0.15, -0.1) is 0 Å². The van der Waals surface area contributed by atoms with E-state index in [0.29, 0.717) is 0 Å². The van der Waals surface area contributed by atoms with E-state index >= 15 is 0 Å². The molecule has 2 heteroatoms. The maximum absolute atomic E-state index is 6.15. The smallest absolute Gasteiger partial charge is 0.122 e. The Balaban J connectivity index is 2.15. The van der Waals surface area contributed by atoms with Gasteiger partial charge in [-0.3, -0.25) is 0 Å². The van der Waals surface area contributed by atoms with Crippen molar-refractivity contribution in [1.29, 1.82) is 0 Å². The van der Waals surface area contributed by atoms with E-state index in [-0.39, 0.29) is 12.1 Å². The van der Waals surface area contributed by atoms with Crippen LogP contribution < -0.4 is 10.1 Å². The molecule has 1 N–H and O–H groups in total. The molecule has 2 nitrogen and oxygen atoms in total. The minimum atomic E-state index is 0.0591. The van der Waals surface area contributed by atoms with Crippen molar-refractivity contribution < 1.29 is 4.74 Å². The van der Waals surface area contributed by atoms with Crippen LogP contribution in [-0.2, 0) is 0 Å². The summed E-state index contributed by atoms with van der Waals surface area (Å²) in [6, 6.07) is 16.9. The van der Waals surface area contributed by atoms with Crippen LogP contribution >= 0.6 is 0 Å². The first-order chi connectivity index (χ1) is 9.61. The van der Waals surface area contributed by atoms with E-state index in [4.69, 9.17) is 4.74 Å². The Kier molecular flexibility index (Phi) is 4.80. The zero-order valence-corrected chi connectivity index (χ0v) is 12.7. The minimum absolute atomic E-state index is 0.0591. The topological polar surface area (TPSA) is 21.3 Å². The van der Waals surface area contributed by atoms with Crippen molar-refractivity contribution in [2.75, 3.05) is 7.05 Å². The van der Waals surface area contributed by atoms with Gasteiger partial charge in [0.2, 0.25) is 0 Å². The average molecular weight is 269 g/mol. The van der Waals surface area contributed by atoms with Gasteiger partial charge in [0.1, 0.15) is 11.9 Å². The van der Waals surface area contributed by atoms with Crippen LogP contribution in [0.3, 0.4) is 0 Å². The van der Waals surface area contributed by atoms with E-state index in [1.165, 1.54) is 16.7 Å². The van der Waals surface area contributed by atoms with E-state index in [1.54, 1.807) is 0 Å². The number of likely N-dealkylation sites (N-methyl/N-ethyl adjacent to an activating group) is 1. The molecule has 0 saturated carbocycles. The second-order valence-corrected chi connectivity index (χ2v) is 5.27. The third-order valence-electron chi connectivity index (χ3n) is 3.58. The molecule has 2 rings (SSSR count). The average Bonchev–Trinajstić information content (AvgIpc) is 2.44.